The number of aromatic nitrogens is 2. The zero-order valence-corrected chi connectivity index (χ0v) is 15.9. The van der Waals surface area contributed by atoms with E-state index in [9.17, 15) is 26.4 Å². The van der Waals surface area contributed by atoms with Gasteiger partial charge in [0.1, 0.15) is 22.3 Å². The summed E-state index contributed by atoms with van der Waals surface area (Å²) >= 11 is 5.66. The Hall–Kier alpha value is -2.98. The van der Waals surface area contributed by atoms with Gasteiger partial charge in [0.15, 0.2) is 5.78 Å². The molecule has 0 unspecified atom stereocenters. The summed E-state index contributed by atoms with van der Waals surface area (Å²) in [7, 11) is -4.65. The Morgan fingerprint density at radius 1 is 1.03 bits per heavy atom. The lowest BCUT2D eigenvalue weighted by molar-refractivity contribution is 0.0992. The maximum atomic E-state index is 14.1. The highest BCUT2D eigenvalue weighted by Crippen LogP contribution is 2.23. The van der Waals surface area contributed by atoms with Crippen molar-refractivity contribution in [3.63, 3.8) is 0 Å². The third-order valence-corrected chi connectivity index (χ3v) is 5.30. The maximum absolute atomic E-state index is 14.1. The van der Waals surface area contributed by atoms with Crippen LogP contribution in [-0.2, 0) is 16.4 Å². The van der Waals surface area contributed by atoms with Gasteiger partial charge in [-0.15, -0.1) is 0 Å². The molecule has 0 spiro atoms. The Balaban J connectivity index is 1.89. The predicted octanol–water partition coefficient (Wildman–Crippen LogP) is 3.77. The van der Waals surface area contributed by atoms with Gasteiger partial charge in [-0.3, -0.25) is 9.52 Å². The number of nitrogens with zero attached hydrogens (tertiary/aromatic N) is 2. The molecule has 0 fully saturated rings. The van der Waals surface area contributed by atoms with Crippen LogP contribution < -0.4 is 4.72 Å². The molecule has 0 amide bonds. The Bertz CT molecular complexity index is 1210. The number of anilines is 1. The van der Waals surface area contributed by atoms with Crippen LogP contribution in [0, 0.1) is 17.5 Å². The smallest absolute Gasteiger partial charge is 0.265 e. The normalized spacial score (nSPS) is 11.3. The summed E-state index contributed by atoms with van der Waals surface area (Å²) in [5.41, 5.74) is -0.318. The third-order valence-electron chi connectivity index (χ3n) is 3.74. The summed E-state index contributed by atoms with van der Waals surface area (Å²) in [4.78, 5) is 19.0. The number of sulfonamides is 1. The number of carbonyl (C=O) groups excluding carboxylic acids is 1. The van der Waals surface area contributed by atoms with Gasteiger partial charge in [-0.2, -0.15) is 0 Å². The van der Waals surface area contributed by atoms with Gasteiger partial charge in [0, 0.05) is 11.8 Å². The molecule has 29 heavy (non-hydrogen) atoms. The fourth-order valence-corrected chi connectivity index (χ4v) is 3.71. The Morgan fingerprint density at radius 2 is 1.76 bits per heavy atom. The van der Waals surface area contributed by atoms with E-state index in [4.69, 9.17) is 11.6 Å². The number of benzene rings is 2. The average Bonchev–Trinajstić information content (AvgIpc) is 2.65. The average molecular weight is 442 g/mol. The third kappa shape index (κ3) is 4.90. The van der Waals surface area contributed by atoms with Gasteiger partial charge in [-0.05, 0) is 54.1 Å². The number of rotatable bonds is 6. The molecule has 1 N–H and O–H groups in total. The van der Waals surface area contributed by atoms with E-state index in [2.05, 4.69) is 9.97 Å². The van der Waals surface area contributed by atoms with E-state index in [1.54, 1.807) is 0 Å². The van der Waals surface area contributed by atoms with Crippen LogP contribution in [0.4, 0.5) is 18.9 Å². The van der Waals surface area contributed by atoms with Crippen LogP contribution in [-0.4, -0.2) is 24.2 Å². The first-order valence-electron chi connectivity index (χ1n) is 7.94. The number of Topliss-reactive ketones (excluding diaryl/α,β-unsaturated/α-hetero) is 1. The second-order valence-electron chi connectivity index (χ2n) is 5.79. The number of hydrogen-bond donors (Lipinski definition) is 1. The van der Waals surface area contributed by atoms with Crippen molar-refractivity contribution >= 4 is 33.1 Å². The summed E-state index contributed by atoms with van der Waals surface area (Å²) in [5, 5.41) is -0.0556. The highest BCUT2D eigenvalue weighted by atomic mass is 35.5. The predicted molar refractivity (Wildman–Crippen MR) is 98.6 cm³/mol. The van der Waals surface area contributed by atoms with Crippen molar-refractivity contribution in [1.29, 1.82) is 0 Å². The van der Waals surface area contributed by atoms with Crippen LogP contribution in [0.25, 0.3) is 0 Å². The van der Waals surface area contributed by atoms with E-state index < -0.39 is 43.8 Å². The van der Waals surface area contributed by atoms with Gasteiger partial charge < -0.3 is 0 Å². The summed E-state index contributed by atoms with van der Waals surface area (Å²) in [6.45, 7) is 0. The largest absolute Gasteiger partial charge is 0.294 e. The molecule has 11 heteroatoms. The van der Waals surface area contributed by atoms with Crippen molar-refractivity contribution in [2.75, 3.05) is 4.72 Å². The summed E-state index contributed by atoms with van der Waals surface area (Å²) in [5.74, 6) is -3.71. The van der Waals surface area contributed by atoms with Gasteiger partial charge >= 0.3 is 0 Å². The molecule has 0 aliphatic carbocycles. The number of hydrogen-bond acceptors (Lipinski definition) is 5. The molecule has 0 saturated heterocycles. The van der Waals surface area contributed by atoms with Crippen molar-refractivity contribution in [2.45, 2.75) is 11.3 Å². The zero-order chi connectivity index (χ0) is 21.2. The van der Waals surface area contributed by atoms with E-state index in [1.807, 2.05) is 4.72 Å². The standard InChI is InChI=1S/C18H11ClF3N3O3S/c19-18-23-6-5-12(24-18)9-16(26)10-1-3-13(21)15(7-10)25-29(27,28)17-8-11(20)2-4-14(17)22/h1-8,25H,9H2. The van der Waals surface area contributed by atoms with E-state index in [-0.39, 0.29) is 17.3 Å². The molecule has 3 rings (SSSR count). The highest BCUT2D eigenvalue weighted by molar-refractivity contribution is 7.92. The second-order valence-corrected chi connectivity index (χ2v) is 7.78. The lowest BCUT2D eigenvalue weighted by Crippen LogP contribution is -2.16. The summed E-state index contributed by atoms with van der Waals surface area (Å²) < 4.78 is 67.7. The molecule has 3 aromatic rings. The van der Waals surface area contributed by atoms with Gasteiger partial charge in [-0.1, -0.05) is 0 Å². The van der Waals surface area contributed by atoms with Gasteiger partial charge in [0.25, 0.3) is 10.0 Å². The van der Waals surface area contributed by atoms with Crippen LogP contribution in [0.15, 0.2) is 53.6 Å². The molecule has 1 heterocycles. The van der Waals surface area contributed by atoms with Crippen molar-refractivity contribution in [2.24, 2.45) is 0 Å². The number of nitrogens with one attached hydrogen (secondary N) is 1. The van der Waals surface area contributed by atoms with E-state index >= 15 is 0 Å². The minimum Gasteiger partial charge on any atom is -0.294 e. The molecule has 6 nitrogen and oxygen atoms in total. The molecule has 2 aromatic carbocycles. The minimum absolute atomic E-state index is 0.0291. The quantitative estimate of drug-likeness (QED) is 0.464. The Kier molecular flexibility index (Phi) is 5.85. The van der Waals surface area contributed by atoms with Gasteiger partial charge in [-0.25, -0.2) is 31.6 Å². The van der Waals surface area contributed by atoms with E-state index in [0.717, 1.165) is 24.3 Å². The molecule has 0 atom stereocenters. The zero-order valence-electron chi connectivity index (χ0n) is 14.4. The summed E-state index contributed by atoms with van der Waals surface area (Å²) in [6.07, 6.45) is 1.16. The molecule has 0 aliphatic heterocycles. The van der Waals surface area contributed by atoms with Gasteiger partial charge in [0.05, 0.1) is 17.8 Å². The molecular weight excluding hydrogens is 431 g/mol. The number of halogens is 4. The molecular formula is C18H11ClF3N3O3S. The minimum atomic E-state index is -4.65. The first-order valence-corrected chi connectivity index (χ1v) is 9.80. The molecule has 0 bridgehead atoms. The van der Waals surface area contributed by atoms with E-state index in [1.165, 1.54) is 12.3 Å². The van der Waals surface area contributed by atoms with Crippen LogP contribution >= 0.6 is 11.6 Å². The molecule has 150 valence electrons. The topological polar surface area (TPSA) is 89.0 Å². The Morgan fingerprint density at radius 3 is 2.48 bits per heavy atom. The second kappa shape index (κ2) is 8.18. The monoisotopic (exact) mass is 441 g/mol. The molecule has 0 saturated carbocycles. The highest BCUT2D eigenvalue weighted by Gasteiger charge is 2.22. The first-order chi connectivity index (χ1) is 13.7. The SMILES string of the molecule is O=C(Cc1ccnc(Cl)n1)c1ccc(F)c(NS(=O)(=O)c2cc(F)ccc2F)c1. The van der Waals surface area contributed by atoms with E-state index in [0.29, 0.717) is 17.8 Å². The first kappa shape index (κ1) is 20.7. The van der Waals surface area contributed by atoms with Crippen molar-refractivity contribution in [3.8, 4) is 0 Å². The van der Waals surface area contributed by atoms with Gasteiger partial charge in [0.2, 0.25) is 5.28 Å². The maximum Gasteiger partial charge on any atom is 0.265 e. The number of ketones is 1. The molecule has 0 aliphatic rings. The lowest BCUT2D eigenvalue weighted by atomic mass is 10.1. The van der Waals surface area contributed by atoms with Crippen LogP contribution in [0.5, 0.6) is 0 Å². The van der Waals surface area contributed by atoms with Crippen LogP contribution in [0.2, 0.25) is 5.28 Å². The van der Waals surface area contributed by atoms with Crippen molar-refractivity contribution < 1.29 is 26.4 Å². The molecule has 1 aromatic heterocycles. The fraction of sp³-hybridized carbons (Fsp3) is 0.0556. The molecule has 0 radical (unpaired) electrons. The summed E-state index contributed by atoms with van der Waals surface area (Å²) in [6, 6.07) is 6.28. The lowest BCUT2D eigenvalue weighted by Gasteiger charge is -2.11. The van der Waals surface area contributed by atoms with Crippen molar-refractivity contribution in [3.05, 3.63) is 82.7 Å². The van der Waals surface area contributed by atoms with Crippen LogP contribution in [0.3, 0.4) is 0 Å². The van der Waals surface area contributed by atoms with Crippen molar-refractivity contribution in [1.82, 2.24) is 9.97 Å². The van der Waals surface area contributed by atoms with Crippen LogP contribution in [0.1, 0.15) is 16.1 Å². The fourth-order valence-electron chi connectivity index (χ4n) is 2.39. The number of carbonyl (C=O) groups is 1. The Labute approximate surface area is 168 Å².